The van der Waals surface area contributed by atoms with Crippen molar-refractivity contribution in [3.63, 3.8) is 0 Å². The van der Waals surface area contributed by atoms with Gasteiger partial charge < -0.3 is 15.8 Å². The number of aromatic nitrogens is 5. The zero-order chi connectivity index (χ0) is 21.3. The summed E-state index contributed by atoms with van der Waals surface area (Å²) in [4.78, 5) is 14.1. The highest BCUT2D eigenvalue weighted by atomic mass is 32.2. The van der Waals surface area contributed by atoms with Crippen LogP contribution in [0.2, 0.25) is 0 Å². The summed E-state index contributed by atoms with van der Waals surface area (Å²) in [7, 11) is 3.95. The lowest BCUT2D eigenvalue weighted by molar-refractivity contribution is 0.218. The topological polar surface area (TPSA) is 121 Å². The number of nitrogens with one attached hydrogen (secondary N) is 1. The molecule has 11 heteroatoms. The molecule has 0 saturated carbocycles. The van der Waals surface area contributed by atoms with Crippen LogP contribution in [0.3, 0.4) is 0 Å². The normalized spacial score (nSPS) is 12.4. The molecular formula is C19H21N7O2S2. The molecule has 1 atom stereocenters. The van der Waals surface area contributed by atoms with Crippen molar-refractivity contribution in [2.24, 2.45) is 7.05 Å². The Labute approximate surface area is 179 Å². The molecule has 4 aromatic heterocycles. The van der Waals surface area contributed by atoms with Crippen molar-refractivity contribution in [1.29, 1.82) is 0 Å². The fourth-order valence-corrected chi connectivity index (χ4v) is 5.66. The number of ether oxygens (including phenoxy) is 1. The molecule has 1 unspecified atom stereocenters. The van der Waals surface area contributed by atoms with Crippen molar-refractivity contribution in [3.05, 3.63) is 30.7 Å². The molecule has 4 rings (SSSR count). The van der Waals surface area contributed by atoms with Gasteiger partial charge in [0, 0.05) is 56.3 Å². The predicted octanol–water partition coefficient (Wildman–Crippen LogP) is 2.53. The third-order valence-corrected chi connectivity index (χ3v) is 7.49. The van der Waals surface area contributed by atoms with E-state index >= 15 is 0 Å². The number of methoxy groups -OCH3 is 1. The van der Waals surface area contributed by atoms with Gasteiger partial charge in [0.2, 0.25) is 5.95 Å². The van der Waals surface area contributed by atoms with E-state index in [1.807, 2.05) is 19.2 Å². The molecule has 0 fully saturated rings. The van der Waals surface area contributed by atoms with E-state index in [4.69, 9.17) is 15.5 Å². The first kappa shape index (κ1) is 20.4. The minimum absolute atomic E-state index is 0.376. The van der Waals surface area contributed by atoms with Crippen LogP contribution in [-0.4, -0.2) is 55.5 Å². The number of nitrogens with zero attached hydrogens (tertiary/aromatic N) is 5. The molecule has 0 spiro atoms. The molecule has 0 aliphatic heterocycles. The van der Waals surface area contributed by atoms with E-state index in [1.165, 1.54) is 11.3 Å². The molecule has 3 N–H and O–H groups in total. The number of hydrogen-bond donors (Lipinski definition) is 2. The highest BCUT2D eigenvalue weighted by molar-refractivity contribution is 7.87. The van der Waals surface area contributed by atoms with Gasteiger partial charge >= 0.3 is 0 Å². The van der Waals surface area contributed by atoms with Crippen LogP contribution in [-0.2, 0) is 22.6 Å². The summed E-state index contributed by atoms with van der Waals surface area (Å²) in [5.41, 5.74) is 10.2. The first-order valence-electron chi connectivity index (χ1n) is 9.12. The van der Waals surface area contributed by atoms with Gasteiger partial charge in [-0.1, -0.05) is 0 Å². The van der Waals surface area contributed by atoms with Gasteiger partial charge in [-0.3, -0.25) is 8.89 Å². The number of nitrogen functional groups attached to an aromatic ring is 1. The van der Waals surface area contributed by atoms with E-state index in [2.05, 4.69) is 20.4 Å². The molecule has 156 valence electrons. The first-order chi connectivity index (χ1) is 14.5. The molecule has 4 aromatic rings. The van der Waals surface area contributed by atoms with Gasteiger partial charge in [0.25, 0.3) is 0 Å². The highest BCUT2D eigenvalue weighted by Crippen LogP contribution is 2.42. The number of anilines is 2. The number of fused-ring (bicyclic) bond motifs is 1. The van der Waals surface area contributed by atoms with Crippen LogP contribution in [0.5, 0.6) is 0 Å². The predicted molar refractivity (Wildman–Crippen MR) is 120 cm³/mol. The maximum Gasteiger partial charge on any atom is 0.222 e. The molecule has 0 aliphatic carbocycles. The summed E-state index contributed by atoms with van der Waals surface area (Å²) >= 11 is 1.34. The minimum atomic E-state index is -1.27. The van der Waals surface area contributed by atoms with Crippen molar-refractivity contribution >= 4 is 44.0 Å². The number of aryl methyl sites for hydroxylation is 1. The highest BCUT2D eigenvalue weighted by Gasteiger charge is 2.22. The number of pyridine rings is 1. The summed E-state index contributed by atoms with van der Waals surface area (Å²) in [5.74, 6) is 0.906. The van der Waals surface area contributed by atoms with Crippen LogP contribution in [0.4, 0.5) is 11.6 Å². The van der Waals surface area contributed by atoms with Crippen molar-refractivity contribution in [2.75, 3.05) is 37.6 Å². The van der Waals surface area contributed by atoms with Crippen molar-refractivity contribution < 1.29 is 8.95 Å². The summed E-state index contributed by atoms with van der Waals surface area (Å²) < 4.78 is 20.2. The lowest BCUT2D eigenvalue weighted by Crippen LogP contribution is -2.04. The number of nitrogens with two attached hydrogens (primary N) is 1. The Morgan fingerprint density at radius 2 is 2.10 bits per heavy atom. The Bertz CT molecular complexity index is 1220. The van der Waals surface area contributed by atoms with Gasteiger partial charge in [0.1, 0.15) is 9.04 Å². The fourth-order valence-electron chi connectivity index (χ4n) is 3.10. The Hall–Kier alpha value is -2.89. The van der Waals surface area contributed by atoms with Gasteiger partial charge in [-0.05, 0) is 12.1 Å². The largest absolute Gasteiger partial charge is 0.396 e. The van der Waals surface area contributed by atoms with E-state index in [9.17, 15) is 4.21 Å². The van der Waals surface area contributed by atoms with Crippen LogP contribution in [0.25, 0.3) is 32.7 Å². The van der Waals surface area contributed by atoms with E-state index in [0.717, 1.165) is 22.2 Å². The second kappa shape index (κ2) is 8.46. The molecular weight excluding hydrogens is 422 g/mol. The number of thiophene rings is 1. The lowest BCUT2D eigenvalue weighted by Gasteiger charge is -2.09. The summed E-state index contributed by atoms with van der Waals surface area (Å²) in [6, 6.07) is 3.86. The van der Waals surface area contributed by atoms with Gasteiger partial charge in [-0.25, -0.2) is 15.0 Å². The summed E-state index contributed by atoms with van der Waals surface area (Å²) in [6.45, 7) is 0.392. The zero-order valence-electron chi connectivity index (χ0n) is 16.7. The molecule has 4 heterocycles. The fraction of sp³-hybridized carbons (Fsp3) is 0.263. The van der Waals surface area contributed by atoms with Gasteiger partial charge in [-0.2, -0.15) is 5.10 Å². The quantitative estimate of drug-likeness (QED) is 0.447. The number of rotatable bonds is 7. The molecule has 0 saturated heterocycles. The van der Waals surface area contributed by atoms with Gasteiger partial charge in [-0.15, -0.1) is 11.3 Å². The van der Waals surface area contributed by atoms with E-state index in [-0.39, 0.29) is 0 Å². The van der Waals surface area contributed by atoms with Gasteiger partial charge in [0.15, 0.2) is 0 Å². The van der Waals surface area contributed by atoms with E-state index in [0.29, 0.717) is 38.7 Å². The third-order valence-electron chi connectivity index (χ3n) is 4.61. The Balaban J connectivity index is 1.93. The summed E-state index contributed by atoms with van der Waals surface area (Å²) in [6.07, 6.45) is 5.16. The summed E-state index contributed by atoms with van der Waals surface area (Å²) in [5, 5.41) is 7.97. The molecule has 0 aromatic carbocycles. The first-order valence-corrected chi connectivity index (χ1v) is 11.3. The van der Waals surface area contributed by atoms with Crippen LogP contribution in [0, 0.1) is 0 Å². The smallest absolute Gasteiger partial charge is 0.222 e. The third kappa shape index (κ3) is 3.66. The average molecular weight is 444 g/mol. The van der Waals surface area contributed by atoms with Crippen LogP contribution < -0.4 is 11.1 Å². The van der Waals surface area contributed by atoms with Crippen LogP contribution in [0.15, 0.2) is 34.9 Å². The molecule has 0 amide bonds. The van der Waals surface area contributed by atoms with Crippen molar-refractivity contribution in [1.82, 2.24) is 24.7 Å². The van der Waals surface area contributed by atoms with Crippen molar-refractivity contribution in [3.8, 4) is 22.5 Å². The molecule has 0 radical (unpaired) electrons. The van der Waals surface area contributed by atoms with E-state index < -0.39 is 10.8 Å². The standard InChI is InChI=1S/C19H21N7O2S2/c1-21-19-22-9-11(10-23-19)13-8-12(14-4-5-24-26(14)2)15-16(20)18(29-17(15)25-13)30(27)7-6-28-3/h4-5,8-10H,6-7,20H2,1-3H3,(H,21,22,23). The second-order valence-corrected chi connectivity index (χ2v) is 9.23. The second-order valence-electron chi connectivity index (χ2n) is 6.47. The molecule has 0 aliphatic rings. The maximum absolute atomic E-state index is 12.8. The van der Waals surface area contributed by atoms with Crippen molar-refractivity contribution in [2.45, 2.75) is 4.21 Å². The van der Waals surface area contributed by atoms with Crippen LogP contribution in [0.1, 0.15) is 0 Å². The van der Waals surface area contributed by atoms with Crippen LogP contribution >= 0.6 is 11.3 Å². The average Bonchev–Trinajstić information content (AvgIpc) is 3.34. The molecule has 0 bridgehead atoms. The Kier molecular flexibility index (Phi) is 5.75. The van der Waals surface area contributed by atoms with Gasteiger partial charge in [0.05, 0.1) is 40.2 Å². The SMILES string of the molecule is CNc1ncc(-c2cc(-c3ccnn3C)c3c(N)c(S(=O)CCOC)sc3n2)cn1. The Morgan fingerprint density at radius 3 is 2.73 bits per heavy atom. The minimum Gasteiger partial charge on any atom is -0.396 e. The molecule has 30 heavy (non-hydrogen) atoms. The molecule has 9 nitrogen and oxygen atoms in total. The zero-order valence-corrected chi connectivity index (χ0v) is 18.4. The van der Waals surface area contributed by atoms with E-state index in [1.54, 1.807) is 37.4 Å². The monoisotopic (exact) mass is 443 g/mol. The Morgan fingerprint density at radius 1 is 1.33 bits per heavy atom. The maximum atomic E-state index is 12.8. The number of hydrogen-bond acceptors (Lipinski definition) is 9. The lowest BCUT2D eigenvalue weighted by atomic mass is 10.1.